The van der Waals surface area contributed by atoms with Gasteiger partial charge >= 0.3 is 0 Å². The van der Waals surface area contributed by atoms with Gasteiger partial charge in [0.05, 0.1) is 50.0 Å². The number of aromatic nitrogens is 1. The summed E-state index contributed by atoms with van der Waals surface area (Å²) >= 11 is 0. The number of carbonyl (C=O) groups is 1. The van der Waals surface area contributed by atoms with Crippen LogP contribution in [-0.4, -0.2) is 92.9 Å². The molecule has 3 heterocycles. The van der Waals surface area contributed by atoms with Crippen LogP contribution in [0.1, 0.15) is 19.5 Å². The largest absolute Gasteiger partial charge is 0.492 e. The average Bonchev–Trinajstić information content (AvgIpc) is 2.88. The molecule has 0 unspecified atom stereocenters. The topological polar surface area (TPSA) is 79.4 Å². The number of ether oxygens (including phenoxy) is 3. The summed E-state index contributed by atoms with van der Waals surface area (Å²) in [6.45, 7) is 12.6. The Morgan fingerprint density at radius 2 is 1.69 bits per heavy atom. The van der Waals surface area contributed by atoms with Crippen LogP contribution in [0.25, 0.3) is 0 Å². The van der Waals surface area contributed by atoms with Crippen LogP contribution < -0.4 is 19.7 Å². The lowest BCUT2D eigenvalue weighted by atomic mass is 10.2. The zero-order valence-electron chi connectivity index (χ0n) is 20.9. The Balaban J connectivity index is 1.37. The van der Waals surface area contributed by atoms with Crippen LogP contribution in [0.2, 0.25) is 0 Å². The second kappa shape index (κ2) is 12.7. The molecule has 1 aromatic carbocycles. The third kappa shape index (κ3) is 7.06. The molecule has 1 amide bonds. The highest BCUT2D eigenvalue weighted by Crippen LogP contribution is 2.39. The first-order valence-electron chi connectivity index (χ1n) is 12.6. The Kier molecular flexibility index (Phi) is 9.16. The molecule has 9 nitrogen and oxygen atoms in total. The van der Waals surface area contributed by atoms with Gasteiger partial charge in [0.1, 0.15) is 11.5 Å². The molecule has 2 saturated heterocycles. The molecule has 2 fully saturated rings. The van der Waals surface area contributed by atoms with Gasteiger partial charge in [0.2, 0.25) is 5.91 Å². The molecule has 0 atom stereocenters. The highest BCUT2D eigenvalue weighted by molar-refractivity contribution is 5.94. The van der Waals surface area contributed by atoms with Crippen molar-refractivity contribution in [1.29, 1.82) is 0 Å². The lowest BCUT2D eigenvalue weighted by molar-refractivity contribution is -0.117. The van der Waals surface area contributed by atoms with Gasteiger partial charge in [-0.05, 0) is 26.0 Å². The monoisotopic (exact) mass is 483 g/mol. The Morgan fingerprint density at radius 3 is 2.37 bits per heavy atom. The third-order valence-corrected chi connectivity index (χ3v) is 6.23. The first-order valence-corrected chi connectivity index (χ1v) is 12.6. The zero-order chi connectivity index (χ0) is 24.5. The van der Waals surface area contributed by atoms with Crippen LogP contribution in [0.5, 0.6) is 11.5 Å². The molecule has 0 radical (unpaired) electrons. The maximum Gasteiger partial charge on any atom is 0.238 e. The van der Waals surface area contributed by atoms with Gasteiger partial charge in [-0.25, -0.2) is 0 Å². The summed E-state index contributed by atoms with van der Waals surface area (Å²) in [5.41, 5.74) is 2.69. The first kappa shape index (κ1) is 25.2. The van der Waals surface area contributed by atoms with Crippen LogP contribution in [0, 0.1) is 0 Å². The Hall–Kier alpha value is -2.88. The van der Waals surface area contributed by atoms with Gasteiger partial charge in [-0.2, -0.15) is 0 Å². The number of pyridine rings is 1. The summed E-state index contributed by atoms with van der Waals surface area (Å²) in [6.07, 6.45) is 1.83. The molecule has 35 heavy (non-hydrogen) atoms. The van der Waals surface area contributed by atoms with Crippen molar-refractivity contribution >= 4 is 17.3 Å². The molecule has 9 heteroatoms. The van der Waals surface area contributed by atoms with Crippen LogP contribution in [0.4, 0.5) is 11.4 Å². The molecule has 1 aromatic heterocycles. The minimum absolute atomic E-state index is 0.0503. The van der Waals surface area contributed by atoms with E-state index in [0.29, 0.717) is 44.4 Å². The van der Waals surface area contributed by atoms with Crippen molar-refractivity contribution in [1.82, 2.24) is 14.8 Å². The van der Waals surface area contributed by atoms with Gasteiger partial charge in [-0.3, -0.25) is 19.6 Å². The van der Waals surface area contributed by atoms with Gasteiger partial charge in [-0.15, -0.1) is 0 Å². The van der Waals surface area contributed by atoms with E-state index in [-0.39, 0.29) is 5.91 Å². The van der Waals surface area contributed by atoms with Gasteiger partial charge < -0.3 is 24.4 Å². The Bertz CT molecular complexity index is 944. The Morgan fingerprint density at radius 1 is 0.971 bits per heavy atom. The number of piperazine rings is 1. The van der Waals surface area contributed by atoms with Crippen LogP contribution in [-0.2, 0) is 16.1 Å². The van der Waals surface area contributed by atoms with E-state index in [9.17, 15) is 4.79 Å². The lowest BCUT2D eigenvalue weighted by Gasteiger charge is -2.34. The molecular formula is C26H37N5O4. The van der Waals surface area contributed by atoms with Crippen molar-refractivity contribution in [3.63, 3.8) is 0 Å². The molecule has 0 spiro atoms. The van der Waals surface area contributed by atoms with Gasteiger partial charge in [0.15, 0.2) is 0 Å². The molecule has 2 aliphatic rings. The minimum atomic E-state index is -0.0503. The predicted molar refractivity (Wildman–Crippen MR) is 136 cm³/mol. The van der Waals surface area contributed by atoms with Crippen LogP contribution in [0.3, 0.4) is 0 Å². The minimum Gasteiger partial charge on any atom is -0.492 e. The second-order valence-electron chi connectivity index (χ2n) is 8.70. The molecule has 1 N–H and O–H groups in total. The zero-order valence-corrected chi connectivity index (χ0v) is 20.9. The summed E-state index contributed by atoms with van der Waals surface area (Å²) in [7, 11) is 0. The molecule has 2 aliphatic heterocycles. The van der Waals surface area contributed by atoms with Crippen molar-refractivity contribution in [3.8, 4) is 11.5 Å². The number of hydrogen-bond acceptors (Lipinski definition) is 8. The quantitative estimate of drug-likeness (QED) is 0.552. The second-order valence-corrected chi connectivity index (χ2v) is 8.70. The van der Waals surface area contributed by atoms with Crippen molar-refractivity contribution in [2.45, 2.75) is 20.4 Å². The van der Waals surface area contributed by atoms with E-state index in [4.69, 9.17) is 14.2 Å². The molecule has 4 rings (SSSR count). The number of rotatable bonds is 10. The van der Waals surface area contributed by atoms with E-state index in [1.807, 2.05) is 44.3 Å². The molecule has 190 valence electrons. The number of hydrogen-bond donors (Lipinski definition) is 1. The van der Waals surface area contributed by atoms with Crippen molar-refractivity contribution < 1.29 is 19.0 Å². The third-order valence-electron chi connectivity index (χ3n) is 6.23. The highest BCUT2D eigenvalue weighted by atomic mass is 16.5. The highest BCUT2D eigenvalue weighted by Gasteiger charge is 2.22. The number of benzene rings is 1. The molecule has 0 aliphatic carbocycles. The van der Waals surface area contributed by atoms with Gasteiger partial charge in [0, 0.05) is 64.1 Å². The maximum absolute atomic E-state index is 13.0. The number of amides is 1. The maximum atomic E-state index is 13.0. The van der Waals surface area contributed by atoms with Crippen LogP contribution in [0.15, 0.2) is 36.5 Å². The van der Waals surface area contributed by atoms with E-state index in [1.54, 1.807) is 0 Å². The van der Waals surface area contributed by atoms with E-state index < -0.39 is 0 Å². The summed E-state index contributed by atoms with van der Waals surface area (Å²) < 4.78 is 17.4. The summed E-state index contributed by atoms with van der Waals surface area (Å²) in [4.78, 5) is 24.2. The molecular weight excluding hydrogens is 446 g/mol. The fourth-order valence-corrected chi connectivity index (χ4v) is 4.46. The number of morpholine rings is 1. The summed E-state index contributed by atoms with van der Waals surface area (Å²) in [5.74, 6) is 1.35. The SMILES string of the molecule is CCOc1cc(N2CCOCC2)c(OCC)cc1NC(=O)CN1CCN(Cc2ccccn2)CC1. The summed E-state index contributed by atoms with van der Waals surface area (Å²) in [5, 5.41) is 3.07. The normalized spacial score (nSPS) is 17.3. The van der Waals surface area contributed by atoms with Crippen molar-refractivity contribution in [2.24, 2.45) is 0 Å². The van der Waals surface area contributed by atoms with Crippen molar-refractivity contribution in [3.05, 3.63) is 42.2 Å². The predicted octanol–water partition coefficient (Wildman–Crippen LogP) is 2.47. The fraction of sp³-hybridized carbons (Fsp3) is 0.538. The molecule has 2 aromatic rings. The standard InChI is InChI=1S/C26H37N5O4/c1-3-34-24-18-23(31-13-15-33-16-14-31)25(35-4-2)17-22(24)28-26(32)20-30-11-9-29(10-12-30)19-21-7-5-6-8-27-21/h5-8,17-18H,3-4,9-16,19-20H2,1-2H3,(H,28,32). The average molecular weight is 484 g/mol. The van der Waals surface area contributed by atoms with Crippen LogP contribution >= 0.6 is 0 Å². The first-order chi connectivity index (χ1) is 17.2. The van der Waals surface area contributed by atoms with E-state index >= 15 is 0 Å². The van der Waals surface area contributed by atoms with Gasteiger partial charge in [-0.1, -0.05) is 6.07 Å². The Labute approximate surface area is 208 Å². The van der Waals surface area contributed by atoms with E-state index in [1.165, 1.54) is 0 Å². The number of nitrogens with zero attached hydrogens (tertiary/aromatic N) is 4. The molecule has 0 bridgehead atoms. The number of carbonyl (C=O) groups excluding carboxylic acids is 1. The van der Waals surface area contributed by atoms with E-state index in [2.05, 4.69) is 31.1 Å². The van der Waals surface area contributed by atoms with Crippen molar-refractivity contribution in [2.75, 3.05) is 82.5 Å². The number of anilines is 2. The smallest absolute Gasteiger partial charge is 0.238 e. The van der Waals surface area contributed by atoms with E-state index in [0.717, 1.165) is 62.9 Å². The summed E-state index contributed by atoms with van der Waals surface area (Å²) in [6, 6.07) is 9.87. The van der Waals surface area contributed by atoms with Gasteiger partial charge in [0.25, 0.3) is 0 Å². The number of nitrogens with one attached hydrogen (secondary N) is 1. The lowest BCUT2D eigenvalue weighted by Crippen LogP contribution is -2.48. The fourth-order valence-electron chi connectivity index (χ4n) is 4.46. The molecule has 0 saturated carbocycles.